The molecule has 94 valence electrons. The molecule has 0 aliphatic heterocycles. The summed E-state index contributed by atoms with van der Waals surface area (Å²) in [6, 6.07) is 12.0. The Morgan fingerprint density at radius 1 is 1.22 bits per heavy atom. The first kappa shape index (κ1) is 13.1. The molecule has 3 heteroatoms. The van der Waals surface area contributed by atoms with E-state index in [-0.39, 0.29) is 11.9 Å². The van der Waals surface area contributed by atoms with Gasteiger partial charge in [-0.1, -0.05) is 35.9 Å². The van der Waals surface area contributed by atoms with Crippen LogP contribution >= 0.6 is 11.6 Å². The zero-order valence-electron chi connectivity index (χ0n) is 10.2. The lowest BCUT2D eigenvalue weighted by Crippen LogP contribution is -2.13. The molecule has 0 heterocycles. The number of hydrogen-bond donors (Lipinski definition) is 1. The topological polar surface area (TPSA) is 26.0 Å². The highest BCUT2D eigenvalue weighted by Gasteiger charge is 2.10. The van der Waals surface area contributed by atoms with E-state index < -0.39 is 0 Å². The minimum atomic E-state index is -0.266. The van der Waals surface area contributed by atoms with Gasteiger partial charge in [-0.15, -0.1) is 0 Å². The van der Waals surface area contributed by atoms with Crippen LogP contribution in [0.25, 0.3) is 0 Å². The van der Waals surface area contributed by atoms with E-state index in [0.29, 0.717) is 11.4 Å². The fourth-order valence-electron chi connectivity index (χ4n) is 1.91. The van der Waals surface area contributed by atoms with Crippen LogP contribution < -0.4 is 5.73 Å². The van der Waals surface area contributed by atoms with Gasteiger partial charge in [0.15, 0.2) is 0 Å². The first-order chi connectivity index (χ1) is 8.56. The van der Waals surface area contributed by atoms with Crippen LogP contribution in [-0.2, 0) is 6.42 Å². The Morgan fingerprint density at radius 3 is 2.67 bits per heavy atom. The van der Waals surface area contributed by atoms with Gasteiger partial charge in [-0.2, -0.15) is 0 Å². The lowest BCUT2D eigenvalue weighted by atomic mass is 9.99. The van der Waals surface area contributed by atoms with E-state index in [2.05, 4.69) is 0 Å². The average molecular weight is 264 g/mol. The molecule has 0 aliphatic carbocycles. The smallest absolute Gasteiger partial charge is 0.123 e. The lowest BCUT2D eigenvalue weighted by Gasteiger charge is -2.13. The molecule has 2 aromatic rings. The summed E-state index contributed by atoms with van der Waals surface area (Å²) in [5.74, 6) is -0.266. The van der Waals surface area contributed by atoms with Crippen LogP contribution in [0.2, 0.25) is 5.02 Å². The van der Waals surface area contributed by atoms with E-state index in [1.54, 1.807) is 6.07 Å². The summed E-state index contributed by atoms with van der Waals surface area (Å²) in [5.41, 5.74) is 8.96. The first-order valence-corrected chi connectivity index (χ1v) is 6.20. The third-order valence-electron chi connectivity index (χ3n) is 2.93. The van der Waals surface area contributed by atoms with E-state index in [4.69, 9.17) is 17.3 Å². The Kier molecular flexibility index (Phi) is 4.00. The van der Waals surface area contributed by atoms with Gasteiger partial charge >= 0.3 is 0 Å². The molecule has 0 bridgehead atoms. The second kappa shape index (κ2) is 5.51. The predicted molar refractivity (Wildman–Crippen MR) is 73.2 cm³/mol. The molecule has 0 amide bonds. The summed E-state index contributed by atoms with van der Waals surface area (Å²) in [6.45, 7) is 1.99. The molecular formula is C15H15ClFN. The molecule has 0 aromatic heterocycles. The Morgan fingerprint density at radius 2 is 2.00 bits per heavy atom. The van der Waals surface area contributed by atoms with Crippen molar-refractivity contribution in [2.24, 2.45) is 5.73 Å². The van der Waals surface area contributed by atoms with E-state index in [1.165, 1.54) is 12.1 Å². The highest BCUT2D eigenvalue weighted by atomic mass is 35.5. The Labute approximate surface area is 111 Å². The van der Waals surface area contributed by atoms with Gasteiger partial charge in [-0.05, 0) is 48.2 Å². The van der Waals surface area contributed by atoms with Crippen LogP contribution in [0, 0.1) is 12.7 Å². The van der Waals surface area contributed by atoms with Crippen molar-refractivity contribution in [1.29, 1.82) is 0 Å². The third kappa shape index (κ3) is 3.09. The number of rotatable bonds is 3. The van der Waals surface area contributed by atoms with Crippen molar-refractivity contribution in [1.82, 2.24) is 0 Å². The van der Waals surface area contributed by atoms with E-state index in [9.17, 15) is 4.39 Å². The molecule has 0 spiro atoms. The van der Waals surface area contributed by atoms with Gasteiger partial charge in [0.1, 0.15) is 5.82 Å². The predicted octanol–water partition coefficient (Wildman–Crippen LogP) is 4.03. The van der Waals surface area contributed by atoms with E-state index >= 15 is 0 Å². The van der Waals surface area contributed by atoms with Crippen LogP contribution in [0.5, 0.6) is 0 Å². The molecule has 0 saturated carbocycles. The fourth-order valence-corrected chi connectivity index (χ4v) is 2.22. The van der Waals surface area contributed by atoms with Gasteiger partial charge in [0.25, 0.3) is 0 Å². The first-order valence-electron chi connectivity index (χ1n) is 5.82. The summed E-state index contributed by atoms with van der Waals surface area (Å²) in [7, 11) is 0. The molecule has 1 nitrogen and oxygen atoms in total. The van der Waals surface area contributed by atoms with Crippen molar-refractivity contribution in [3.63, 3.8) is 0 Å². The van der Waals surface area contributed by atoms with Gasteiger partial charge in [0, 0.05) is 11.1 Å². The second-order valence-electron chi connectivity index (χ2n) is 4.46. The monoisotopic (exact) mass is 263 g/mol. The van der Waals surface area contributed by atoms with Crippen molar-refractivity contribution in [2.75, 3.05) is 0 Å². The van der Waals surface area contributed by atoms with Crippen molar-refractivity contribution in [2.45, 2.75) is 19.4 Å². The van der Waals surface area contributed by atoms with Crippen LogP contribution in [0.15, 0.2) is 42.5 Å². The summed E-state index contributed by atoms with van der Waals surface area (Å²) in [4.78, 5) is 0. The molecule has 1 unspecified atom stereocenters. The molecule has 0 aliphatic rings. The molecule has 0 radical (unpaired) electrons. The highest BCUT2D eigenvalue weighted by molar-refractivity contribution is 6.31. The Balaban J connectivity index is 2.18. The van der Waals surface area contributed by atoms with Crippen LogP contribution in [-0.4, -0.2) is 0 Å². The standard InChI is InChI=1S/C15H15ClFN/c1-10-5-6-11(14(16)7-10)9-15(18)12-3-2-4-13(17)8-12/h2-8,15H,9,18H2,1H3. The molecule has 2 rings (SSSR count). The fraction of sp³-hybridized carbons (Fsp3) is 0.200. The number of benzene rings is 2. The number of hydrogen-bond acceptors (Lipinski definition) is 1. The van der Waals surface area contributed by atoms with Crippen LogP contribution in [0.4, 0.5) is 4.39 Å². The molecule has 2 N–H and O–H groups in total. The minimum absolute atomic E-state index is 0.249. The largest absolute Gasteiger partial charge is 0.324 e. The highest BCUT2D eigenvalue weighted by Crippen LogP contribution is 2.23. The van der Waals surface area contributed by atoms with Gasteiger partial charge in [0.2, 0.25) is 0 Å². The van der Waals surface area contributed by atoms with Crippen molar-refractivity contribution in [3.05, 3.63) is 70.0 Å². The lowest BCUT2D eigenvalue weighted by molar-refractivity contribution is 0.618. The van der Waals surface area contributed by atoms with E-state index in [1.807, 2.05) is 31.2 Å². The molecule has 18 heavy (non-hydrogen) atoms. The minimum Gasteiger partial charge on any atom is -0.324 e. The van der Waals surface area contributed by atoms with Crippen molar-refractivity contribution in [3.8, 4) is 0 Å². The molecule has 0 saturated heterocycles. The normalized spacial score (nSPS) is 12.4. The zero-order chi connectivity index (χ0) is 13.1. The number of aryl methyl sites for hydroxylation is 1. The van der Waals surface area contributed by atoms with Gasteiger partial charge in [-0.25, -0.2) is 4.39 Å². The SMILES string of the molecule is Cc1ccc(CC(N)c2cccc(F)c2)c(Cl)c1. The molecular weight excluding hydrogens is 249 g/mol. The molecule has 2 aromatic carbocycles. The maximum absolute atomic E-state index is 13.1. The van der Waals surface area contributed by atoms with Gasteiger partial charge in [-0.3, -0.25) is 0 Å². The van der Waals surface area contributed by atoms with Crippen molar-refractivity contribution >= 4 is 11.6 Å². The third-order valence-corrected chi connectivity index (χ3v) is 3.28. The summed E-state index contributed by atoms with van der Waals surface area (Å²) < 4.78 is 13.1. The quantitative estimate of drug-likeness (QED) is 0.889. The molecule has 1 atom stereocenters. The number of halogens is 2. The maximum atomic E-state index is 13.1. The van der Waals surface area contributed by atoms with E-state index in [0.717, 1.165) is 16.7 Å². The Hall–Kier alpha value is -1.38. The summed E-state index contributed by atoms with van der Waals surface area (Å²) >= 11 is 6.16. The van der Waals surface area contributed by atoms with Crippen LogP contribution in [0.3, 0.4) is 0 Å². The van der Waals surface area contributed by atoms with Gasteiger partial charge in [0.05, 0.1) is 0 Å². The van der Waals surface area contributed by atoms with Gasteiger partial charge < -0.3 is 5.73 Å². The Bertz CT molecular complexity index is 554. The maximum Gasteiger partial charge on any atom is 0.123 e. The van der Waals surface area contributed by atoms with Crippen molar-refractivity contribution < 1.29 is 4.39 Å². The summed E-state index contributed by atoms with van der Waals surface area (Å²) in [5, 5.41) is 0.710. The number of nitrogens with two attached hydrogens (primary N) is 1. The van der Waals surface area contributed by atoms with Crippen LogP contribution in [0.1, 0.15) is 22.7 Å². The average Bonchev–Trinajstić information content (AvgIpc) is 2.32. The molecule has 0 fully saturated rings. The zero-order valence-corrected chi connectivity index (χ0v) is 10.9. The summed E-state index contributed by atoms with van der Waals surface area (Å²) in [6.07, 6.45) is 0.600. The second-order valence-corrected chi connectivity index (χ2v) is 4.87.